The maximum atomic E-state index is 5.87. The predicted octanol–water partition coefficient (Wildman–Crippen LogP) is 3.27. The number of hydrogen-bond acceptors (Lipinski definition) is 3. The Bertz CT molecular complexity index is 386. The summed E-state index contributed by atoms with van der Waals surface area (Å²) >= 11 is 0. The van der Waals surface area contributed by atoms with E-state index in [0.717, 1.165) is 36.7 Å². The minimum atomic E-state index is 0.495. The summed E-state index contributed by atoms with van der Waals surface area (Å²) in [5.74, 6) is 0.857. The number of nitrogens with two attached hydrogens (primary N) is 1. The molecule has 17 heavy (non-hydrogen) atoms. The maximum Gasteiger partial charge on any atom is 0.123 e. The van der Waals surface area contributed by atoms with Gasteiger partial charge < -0.3 is 15.8 Å². The van der Waals surface area contributed by atoms with Crippen molar-refractivity contribution in [3.8, 4) is 5.75 Å². The Morgan fingerprint density at radius 2 is 2.12 bits per heavy atom. The molecule has 0 bridgehead atoms. The van der Waals surface area contributed by atoms with E-state index in [1.807, 2.05) is 18.2 Å². The molecule has 1 aromatic rings. The average molecular weight is 234 g/mol. The second-order valence-electron chi connectivity index (χ2n) is 5.30. The Morgan fingerprint density at radius 1 is 1.35 bits per heavy atom. The van der Waals surface area contributed by atoms with Crippen molar-refractivity contribution in [3.05, 3.63) is 18.2 Å². The topological polar surface area (TPSA) is 47.3 Å². The largest absolute Gasteiger partial charge is 0.493 e. The molecule has 0 aliphatic heterocycles. The predicted molar refractivity (Wildman–Crippen MR) is 72.5 cm³/mol. The van der Waals surface area contributed by atoms with Gasteiger partial charge >= 0.3 is 0 Å². The first-order chi connectivity index (χ1) is 8.11. The van der Waals surface area contributed by atoms with Gasteiger partial charge in [-0.2, -0.15) is 0 Å². The summed E-state index contributed by atoms with van der Waals surface area (Å²) in [6.07, 6.45) is 3.65. The molecule has 1 aliphatic carbocycles. The highest BCUT2D eigenvalue weighted by atomic mass is 16.5. The van der Waals surface area contributed by atoms with Gasteiger partial charge in [-0.05, 0) is 30.7 Å². The molecule has 1 aliphatic rings. The van der Waals surface area contributed by atoms with Crippen molar-refractivity contribution in [1.82, 2.24) is 0 Å². The van der Waals surface area contributed by atoms with Crippen LogP contribution in [0.2, 0.25) is 0 Å². The molecule has 3 N–H and O–H groups in total. The SMILES string of the molecule is CCCOc1cc(N)cc(NCC2(C)CC2)c1. The standard InChI is InChI=1S/C14H22N2O/c1-3-6-17-13-8-11(15)7-12(9-13)16-10-14(2)4-5-14/h7-9,16H,3-6,10,15H2,1-2H3. The van der Waals surface area contributed by atoms with Crippen LogP contribution in [0.1, 0.15) is 33.1 Å². The quantitative estimate of drug-likeness (QED) is 0.743. The van der Waals surface area contributed by atoms with Gasteiger partial charge in [0, 0.05) is 30.1 Å². The lowest BCUT2D eigenvalue weighted by Crippen LogP contribution is -2.12. The highest BCUT2D eigenvalue weighted by molar-refractivity contribution is 5.59. The van der Waals surface area contributed by atoms with E-state index >= 15 is 0 Å². The molecule has 0 atom stereocenters. The summed E-state index contributed by atoms with van der Waals surface area (Å²) in [6.45, 7) is 6.16. The fraction of sp³-hybridized carbons (Fsp3) is 0.571. The van der Waals surface area contributed by atoms with Gasteiger partial charge in [0.1, 0.15) is 5.75 Å². The van der Waals surface area contributed by atoms with Crippen LogP contribution in [0.3, 0.4) is 0 Å². The fourth-order valence-electron chi connectivity index (χ4n) is 1.73. The van der Waals surface area contributed by atoms with Crippen molar-refractivity contribution in [2.45, 2.75) is 33.1 Å². The van der Waals surface area contributed by atoms with E-state index < -0.39 is 0 Å². The molecule has 3 nitrogen and oxygen atoms in total. The zero-order chi connectivity index (χ0) is 12.3. The third-order valence-corrected chi connectivity index (χ3v) is 3.22. The Balaban J connectivity index is 1.97. The average Bonchev–Trinajstić information content (AvgIpc) is 3.02. The van der Waals surface area contributed by atoms with Crippen molar-refractivity contribution >= 4 is 11.4 Å². The zero-order valence-corrected chi connectivity index (χ0v) is 10.8. The van der Waals surface area contributed by atoms with Crippen molar-refractivity contribution in [2.75, 3.05) is 24.2 Å². The van der Waals surface area contributed by atoms with Crippen molar-refractivity contribution in [3.63, 3.8) is 0 Å². The number of ether oxygens (including phenoxy) is 1. The molecule has 3 heteroatoms. The molecule has 0 spiro atoms. The van der Waals surface area contributed by atoms with Crippen LogP contribution in [0.25, 0.3) is 0 Å². The molecule has 94 valence electrons. The third kappa shape index (κ3) is 3.55. The molecule has 0 saturated heterocycles. The summed E-state index contributed by atoms with van der Waals surface area (Å²) < 4.78 is 5.60. The van der Waals surface area contributed by atoms with Crippen molar-refractivity contribution in [2.24, 2.45) is 5.41 Å². The Hall–Kier alpha value is -1.38. The number of nitrogens with one attached hydrogen (secondary N) is 1. The van der Waals surface area contributed by atoms with Crippen LogP contribution in [0.5, 0.6) is 5.75 Å². The van der Waals surface area contributed by atoms with E-state index in [4.69, 9.17) is 10.5 Å². The summed E-state index contributed by atoms with van der Waals surface area (Å²) in [5.41, 5.74) is 8.17. The van der Waals surface area contributed by atoms with Crippen LogP contribution in [-0.2, 0) is 0 Å². The van der Waals surface area contributed by atoms with Crippen LogP contribution in [0.4, 0.5) is 11.4 Å². The van der Waals surface area contributed by atoms with Gasteiger partial charge in [-0.15, -0.1) is 0 Å². The van der Waals surface area contributed by atoms with Crippen LogP contribution < -0.4 is 15.8 Å². The molecule has 0 heterocycles. The van der Waals surface area contributed by atoms with Crippen LogP contribution >= 0.6 is 0 Å². The fourth-order valence-corrected chi connectivity index (χ4v) is 1.73. The van der Waals surface area contributed by atoms with E-state index in [-0.39, 0.29) is 0 Å². The molecule has 2 rings (SSSR count). The second-order valence-corrected chi connectivity index (χ2v) is 5.30. The summed E-state index contributed by atoms with van der Waals surface area (Å²) in [5, 5.41) is 3.44. The molecule has 0 amide bonds. The van der Waals surface area contributed by atoms with E-state index in [0.29, 0.717) is 5.41 Å². The Morgan fingerprint density at radius 3 is 2.76 bits per heavy atom. The van der Waals surface area contributed by atoms with E-state index in [1.165, 1.54) is 12.8 Å². The van der Waals surface area contributed by atoms with Gasteiger partial charge in [0.25, 0.3) is 0 Å². The molecule has 0 radical (unpaired) electrons. The van der Waals surface area contributed by atoms with Crippen LogP contribution in [0.15, 0.2) is 18.2 Å². The maximum absolute atomic E-state index is 5.87. The summed E-state index contributed by atoms with van der Waals surface area (Å²) in [6, 6.07) is 5.86. The first-order valence-electron chi connectivity index (χ1n) is 6.38. The lowest BCUT2D eigenvalue weighted by molar-refractivity contribution is 0.318. The number of rotatable bonds is 6. The number of hydrogen-bond donors (Lipinski definition) is 2. The van der Waals surface area contributed by atoms with Crippen LogP contribution in [0, 0.1) is 5.41 Å². The van der Waals surface area contributed by atoms with E-state index in [1.54, 1.807) is 0 Å². The first-order valence-corrected chi connectivity index (χ1v) is 6.38. The Labute approximate surface area is 103 Å². The molecule has 1 aromatic carbocycles. The minimum Gasteiger partial charge on any atom is -0.493 e. The van der Waals surface area contributed by atoms with Gasteiger partial charge in [-0.25, -0.2) is 0 Å². The summed E-state index contributed by atoms with van der Waals surface area (Å²) in [7, 11) is 0. The first kappa shape index (κ1) is 12.1. The van der Waals surface area contributed by atoms with Gasteiger partial charge in [0.2, 0.25) is 0 Å². The van der Waals surface area contributed by atoms with Gasteiger partial charge in [-0.3, -0.25) is 0 Å². The monoisotopic (exact) mass is 234 g/mol. The summed E-state index contributed by atoms with van der Waals surface area (Å²) in [4.78, 5) is 0. The number of anilines is 2. The molecule has 1 saturated carbocycles. The van der Waals surface area contributed by atoms with Crippen LogP contribution in [-0.4, -0.2) is 13.2 Å². The minimum absolute atomic E-state index is 0.495. The lowest BCUT2D eigenvalue weighted by atomic mass is 10.1. The second kappa shape index (κ2) is 4.86. The van der Waals surface area contributed by atoms with Gasteiger partial charge in [-0.1, -0.05) is 13.8 Å². The van der Waals surface area contributed by atoms with Gasteiger partial charge in [0.15, 0.2) is 0 Å². The third-order valence-electron chi connectivity index (χ3n) is 3.22. The molecule has 1 fully saturated rings. The Kier molecular flexibility index (Phi) is 3.46. The van der Waals surface area contributed by atoms with Crippen molar-refractivity contribution in [1.29, 1.82) is 0 Å². The van der Waals surface area contributed by atoms with E-state index in [9.17, 15) is 0 Å². The normalized spacial score (nSPS) is 16.6. The molecule has 0 unspecified atom stereocenters. The number of nitrogen functional groups attached to an aromatic ring is 1. The smallest absolute Gasteiger partial charge is 0.123 e. The number of benzene rings is 1. The highest BCUT2D eigenvalue weighted by Crippen LogP contribution is 2.44. The molecule has 0 aromatic heterocycles. The highest BCUT2D eigenvalue weighted by Gasteiger charge is 2.36. The van der Waals surface area contributed by atoms with Gasteiger partial charge in [0.05, 0.1) is 6.61 Å². The van der Waals surface area contributed by atoms with Crippen molar-refractivity contribution < 1.29 is 4.74 Å². The lowest BCUT2D eigenvalue weighted by Gasteiger charge is -2.13. The molecular weight excluding hydrogens is 212 g/mol. The zero-order valence-electron chi connectivity index (χ0n) is 10.8. The van der Waals surface area contributed by atoms with E-state index in [2.05, 4.69) is 19.2 Å². The molecular formula is C14H22N2O.